The van der Waals surface area contributed by atoms with Gasteiger partial charge < -0.3 is 16.4 Å². The van der Waals surface area contributed by atoms with Gasteiger partial charge in [0.2, 0.25) is 11.8 Å². The average molecular weight is 416 g/mol. The number of carbonyl (C=O) groups excluding carboxylic acids is 2. The number of hydrogen-bond donors (Lipinski definition) is 3. The molecule has 3 unspecified atom stereocenters. The van der Waals surface area contributed by atoms with Crippen LogP contribution in [-0.2, 0) is 9.59 Å². The SMILES string of the molecule is CC(=O)NC(CC(=O)NC1C2CCCC1CC(N)C2)c1c(F)cccc1F.Cl. The van der Waals surface area contributed by atoms with E-state index in [9.17, 15) is 18.4 Å². The molecule has 4 N–H and O–H groups in total. The number of nitrogens with two attached hydrogens (primary N) is 1. The number of carbonyl (C=O) groups is 2. The van der Waals surface area contributed by atoms with E-state index in [2.05, 4.69) is 10.6 Å². The first-order valence-corrected chi connectivity index (χ1v) is 9.61. The van der Waals surface area contributed by atoms with Crippen molar-refractivity contribution < 1.29 is 18.4 Å². The van der Waals surface area contributed by atoms with Crippen molar-refractivity contribution in [2.24, 2.45) is 17.6 Å². The predicted molar refractivity (Wildman–Crippen MR) is 105 cm³/mol. The Morgan fingerprint density at radius 3 is 2.29 bits per heavy atom. The van der Waals surface area contributed by atoms with Crippen LogP contribution in [-0.4, -0.2) is 23.9 Å². The molecule has 0 spiro atoms. The number of rotatable bonds is 5. The van der Waals surface area contributed by atoms with Crippen LogP contribution in [0, 0.1) is 23.5 Å². The van der Waals surface area contributed by atoms with Crippen LogP contribution in [0.5, 0.6) is 0 Å². The van der Waals surface area contributed by atoms with E-state index < -0.39 is 23.6 Å². The van der Waals surface area contributed by atoms with E-state index in [0.717, 1.165) is 44.2 Å². The third-order valence-electron chi connectivity index (χ3n) is 5.82. The van der Waals surface area contributed by atoms with E-state index >= 15 is 0 Å². The van der Waals surface area contributed by atoms with Crippen LogP contribution < -0.4 is 16.4 Å². The molecule has 28 heavy (non-hydrogen) atoms. The second-order valence-corrected chi connectivity index (χ2v) is 7.87. The molecule has 2 amide bonds. The summed E-state index contributed by atoms with van der Waals surface area (Å²) in [6.45, 7) is 1.26. The molecule has 156 valence electrons. The minimum atomic E-state index is -1.05. The molecule has 1 aromatic carbocycles. The molecule has 3 rings (SSSR count). The largest absolute Gasteiger partial charge is 0.353 e. The standard InChI is InChI=1S/C20H27F2N3O2.ClH/c1-11(26)24-17(19-15(21)6-3-7-16(19)22)10-18(27)25-20-12-4-2-5-13(20)9-14(23)8-12;/h3,6-7,12-14,17,20H,2,4-5,8-10,23H2,1H3,(H,24,26)(H,25,27);1H. The molecular formula is C20H28ClF2N3O2. The maximum atomic E-state index is 14.2. The Morgan fingerprint density at radius 1 is 1.18 bits per heavy atom. The highest BCUT2D eigenvalue weighted by Crippen LogP contribution is 2.39. The van der Waals surface area contributed by atoms with Gasteiger partial charge in [0.05, 0.1) is 12.5 Å². The van der Waals surface area contributed by atoms with Gasteiger partial charge in [-0.15, -0.1) is 12.4 Å². The third kappa shape index (κ3) is 5.20. The summed E-state index contributed by atoms with van der Waals surface area (Å²) in [6.07, 6.45) is 4.78. The highest BCUT2D eigenvalue weighted by molar-refractivity contribution is 5.85. The Kier molecular flexibility index (Phi) is 7.78. The number of benzene rings is 1. The summed E-state index contributed by atoms with van der Waals surface area (Å²) in [5, 5.41) is 5.57. The maximum absolute atomic E-state index is 14.2. The van der Waals surface area contributed by atoms with Gasteiger partial charge in [-0.05, 0) is 49.7 Å². The third-order valence-corrected chi connectivity index (χ3v) is 5.82. The summed E-state index contributed by atoms with van der Waals surface area (Å²) in [7, 11) is 0. The van der Waals surface area contributed by atoms with Gasteiger partial charge in [0, 0.05) is 24.6 Å². The van der Waals surface area contributed by atoms with Gasteiger partial charge in [-0.2, -0.15) is 0 Å². The average Bonchev–Trinajstić information content (AvgIpc) is 2.55. The highest BCUT2D eigenvalue weighted by Gasteiger charge is 2.40. The zero-order chi connectivity index (χ0) is 19.6. The van der Waals surface area contributed by atoms with Gasteiger partial charge in [-0.25, -0.2) is 8.78 Å². The molecule has 2 saturated carbocycles. The van der Waals surface area contributed by atoms with Gasteiger partial charge in [0.25, 0.3) is 0 Å². The Labute approximate surface area is 170 Å². The van der Waals surface area contributed by atoms with Crippen molar-refractivity contribution in [3.8, 4) is 0 Å². The first kappa shape index (κ1) is 22.6. The number of amides is 2. The van der Waals surface area contributed by atoms with E-state index in [4.69, 9.17) is 5.73 Å². The van der Waals surface area contributed by atoms with Crippen LogP contribution in [0.4, 0.5) is 8.78 Å². The van der Waals surface area contributed by atoms with Crippen LogP contribution in [0.15, 0.2) is 18.2 Å². The Bertz CT molecular complexity index is 684. The van der Waals surface area contributed by atoms with Crippen LogP contribution in [0.3, 0.4) is 0 Å². The van der Waals surface area contributed by atoms with Crippen molar-refractivity contribution in [3.63, 3.8) is 0 Å². The van der Waals surface area contributed by atoms with Gasteiger partial charge in [-0.1, -0.05) is 12.5 Å². The lowest BCUT2D eigenvalue weighted by Gasteiger charge is -2.45. The number of nitrogens with one attached hydrogen (secondary N) is 2. The molecular weight excluding hydrogens is 388 g/mol. The van der Waals surface area contributed by atoms with E-state index in [0.29, 0.717) is 11.8 Å². The van der Waals surface area contributed by atoms with E-state index in [1.807, 2.05) is 0 Å². The van der Waals surface area contributed by atoms with Crippen LogP contribution in [0.2, 0.25) is 0 Å². The minimum Gasteiger partial charge on any atom is -0.353 e. The van der Waals surface area contributed by atoms with E-state index in [1.54, 1.807) is 0 Å². The van der Waals surface area contributed by atoms with Gasteiger partial charge in [0.15, 0.2) is 0 Å². The fourth-order valence-electron chi connectivity index (χ4n) is 4.77. The highest BCUT2D eigenvalue weighted by atomic mass is 35.5. The fourth-order valence-corrected chi connectivity index (χ4v) is 4.77. The summed E-state index contributed by atoms with van der Waals surface area (Å²) in [6, 6.07) is 2.68. The maximum Gasteiger partial charge on any atom is 0.222 e. The van der Waals surface area contributed by atoms with Crippen LogP contribution in [0.25, 0.3) is 0 Å². The van der Waals surface area contributed by atoms with Crippen LogP contribution in [0.1, 0.15) is 57.1 Å². The topological polar surface area (TPSA) is 84.2 Å². The molecule has 5 nitrogen and oxygen atoms in total. The summed E-state index contributed by atoms with van der Waals surface area (Å²) >= 11 is 0. The summed E-state index contributed by atoms with van der Waals surface area (Å²) in [5.74, 6) is -1.62. The number of halogens is 3. The second kappa shape index (κ2) is 9.65. The molecule has 2 bridgehead atoms. The number of fused-ring (bicyclic) bond motifs is 2. The predicted octanol–water partition coefficient (Wildman–Crippen LogP) is 2.98. The number of hydrogen-bond acceptors (Lipinski definition) is 3. The smallest absolute Gasteiger partial charge is 0.222 e. The molecule has 0 radical (unpaired) electrons. The van der Waals surface area contributed by atoms with Crippen molar-refractivity contribution in [2.45, 2.75) is 63.6 Å². The molecule has 0 aliphatic heterocycles. The van der Waals surface area contributed by atoms with Gasteiger partial charge >= 0.3 is 0 Å². The fraction of sp³-hybridized carbons (Fsp3) is 0.600. The molecule has 0 saturated heterocycles. The Hall–Kier alpha value is -1.73. The minimum absolute atomic E-state index is 0. The summed E-state index contributed by atoms with van der Waals surface area (Å²) in [5.41, 5.74) is 5.84. The summed E-state index contributed by atoms with van der Waals surface area (Å²) in [4.78, 5) is 24.2. The normalized spacial score (nSPS) is 27.3. The lowest BCUT2D eigenvalue weighted by atomic mass is 9.67. The van der Waals surface area contributed by atoms with Crippen molar-refractivity contribution in [2.75, 3.05) is 0 Å². The molecule has 8 heteroatoms. The molecule has 2 aliphatic rings. The molecule has 1 aromatic rings. The first-order chi connectivity index (χ1) is 12.8. The second-order valence-electron chi connectivity index (χ2n) is 7.87. The lowest BCUT2D eigenvalue weighted by Crippen LogP contribution is -2.54. The van der Waals surface area contributed by atoms with Crippen LogP contribution >= 0.6 is 12.4 Å². The monoisotopic (exact) mass is 415 g/mol. The van der Waals surface area contributed by atoms with E-state index in [1.165, 1.54) is 13.0 Å². The van der Waals surface area contributed by atoms with Crippen molar-refractivity contribution in [1.29, 1.82) is 0 Å². The zero-order valence-corrected chi connectivity index (χ0v) is 16.7. The van der Waals surface area contributed by atoms with Gasteiger partial charge in [-0.3, -0.25) is 9.59 Å². The molecule has 2 aliphatic carbocycles. The summed E-state index contributed by atoms with van der Waals surface area (Å²) < 4.78 is 28.3. The molecule has 2 fully saturated rings. The Balaban J connectivity index is 0.00000280. The molecule has 0 heterocycles. The Morgan fingerprint density at radius 2 is 1.75 bits per heavy atom. The lowest BCUT2D eigenvalue weighted by molar-refractivity contribution is -0.124. The quantitative estimate of drug-likeness (QED) is 0.691. The van der Waals surface area contributed by atoms with E-state index in [-0.39, 0.29) is 42.4 Å². The first-order valence-electron chi connectivity index (χ1n) is 9.61. The van der Waals surface area contributed by atoms with Crippen molar-refractivity contribution in [1.82, 2.24) is 10.6 Å². The van der Waals surface area contributed by atoms with Gasteiger partial charge in [0.1, 0.15) is 11.6 Å². The molecule has 0 aromatic heterocycles. The van der Waals surface area contributed by atoms with Crippen molar-refractivity contribution in [3.05, 3.63) is 35.4 Å². The molecule has 3 atom stereocenters. The van der Waals surface area contributed by atoms with Crippen molar-refractivity contribution >= 4 is 24.2 Å². The zero-order valence-electron chi connectivity index (χ0n) is 15.9.